The van der Waals surface area contributed by atoms with Gasteiger partial charge in [0.1, 0.15) is 5.75 Å². The highest BCUT2D eigenvalue weighted by atomic mass is 32.2. The molecule has 6 N–H and O–H groups in total. The lowest BCUT2D eigenvalue weighted by Crippen LogP contribution is -2.47. The summed E-state index contributed by atoms with van der Waals surface area (Å²) in [6.07, 6.45) is -1.31. The molecule has 0 saturated carbocycles. The maximum absolute atomic E-state index is 11.3. The van der Waals surface area contributed by atoms with E-state index in [0.29, 0.717) is 0 Å². The molecule has 0 aliphatic heterocycles. The van der Waals surface area contributed by atoms with Crippen molar-refractivity contribution in [3.05, 3.63) is 0 Å². The van der Waals surface area contributed by atoms with Crippen molar-refractivity contribution < 1.29 is 33.0 Å². The van der Waals surface area contributed by atoms with Crippen molar-refractivity contribution in [1.29, 1.82) is 0 Å². The van der Waals surface area contributed by atoms with Crippen molar-refractivity contribution in [1.82, 2.24) is 0 Å². The van der Waals surface area contributed by atoms with Gasteiger partial charge in [0.2, 0.25) is 0 Å². The first-order valence-corrected chi connectivity index (χ1v) is 6.06. The zero-order chi connectivity index (χ0) is 12.8. The summed E-state index contributed by atoms with van der Waals surface area (Å²) in [7, 11) is -4.20. The Hall–Kier alpha value is -0.290. The van der Waals surface area contributed by atoms with Crippen LogP contribution < -0.4 is 5.73 Å². The molecule has 98 valence electrons. The fourth-order valence-electron chi connectivity index (χ4n) is 0.836. The van der Waals surface area contributed by atoms with Gasteiger partial charge in [0.15, 0.2) is 5.60 Å². The van der Waals surface area contributed by atoms with E-state index in [2.05, 4.69) is 4.18 Å². The summed E-state index contributed by atoms with van der Waals surface area (Å²) in [5.74, 6) is -0.773. The van der Waals surface area contributed by atoms with Crippen molar-refractivity contribution >= 4 is 10.1 Å². The predicted molar refractivity (Wildman–Crippen MR) is 53.9 cm³/mol. The summed E-state index contributed by atoms with van der Waals surface area (Å²) in [6, 6.07) is 0. The third-order valence-electron chi connectivity index (χ3n) is 1.84. The van der Waals surface area contributed by atoms with Crippen molar-refractivity contribution in [2.24, 2.45) is 5.73 Å². The zero-order valence-corrected chi connectivity index (χ0v) is 9.43. The van der Waals surface area contributed by atoms with Gasteiger partial charge in [-0.2, -0.15) is 8.42 Å². The molecule has 1 unspecified atom stereocenters. The van der Waals surface area contributed by atoms with Crippen LogP contribution in [0.1, 0.15) is 0 Å². The number of nitrogens with two attached hydrogens (primary N) is 1. The van der Waals surface area contributed by atoms with Crippen LogP contribution in [0.25, 0.3) is 0 Å². The minimum Gasteiger partial charge on any atom is -0.393 e. The second-order valence-corrected chi connectivity index (χ2v) is 4.97. The SMILES string of the molecule is NCC(O)CS(=O)(=O)OC(CO)(CO)CO. The van der Waals surface area contributed by atoms with Gasteiger partial charge < -0.3 is 26.2 Å². The van der Waals surface area contributed by atoms with Crippen LogP contribution in [-0.4, -0.2) is 72.7 Å². The second kappa shape index (κ2) is 6.45. The monoisotopic (exact) mass is 259 g/mol. The van der Waals surface area contributed by atoms with Gasteiger partial charge in [0.05, 0.1) is 25.9 Å². The van der Waals surface area contributed by atoms with Crippen molar-refractivity contribution in [3.8, 4) is 0 Å². The van der Waals surface area contributed by atoms with E-state index in [-0.39, 0.29) is 6.54 Å². The van der Waals surface area contributed by atoms with Crippen LogP contribution in [0.2, 0.25) is 0 Å². The Bertz CT molecular complexity index is 279. The summed E-state index contributed by atoms with van der Waals surface area (Å²) < 4.78 is 27.1. The molecule has 0 aliphatic carbocycles. The molecule has 0 amide bonds. The average Bonchev–Trinajstić information content (AvgIpc) is 2.25. The molecule has 0 fully saturated rings. The highest BCUT2D eigenvalue weighted by molar-refractivity contribution is 7.86. The molecule has 8 nitrogen and oxygen atoms in total. The fourth-order valence-corrected chi connectivity index (χ4v) is 2.21. The van der Waals surface area contributed by atoms with Crippen LogP contribution in [0.15, 0.2) is 0 Å². The molecule has 9 heteroatoms. The van der Waals surface area contributed by atoms with E-state index in [0.717, 1.165) is 0 Å². The molecule has 0 heterocycles. The van der Waals surface area contributed by atoms with Gasteiger partial charge in [0, 0.05) is 6.54 Å². The summed E-state index contributed by atoms with van der Waals surface area (Å²) in [6.45, 7) is -2.90. The number of aliphatic hydroxyl groups is 4. The van der Waals surface area contributed by atoms with Gasteiger partial charge in [-0.3, -0.25) is 4.18 Å². The van der Waals surface area contributed by atoms with Gasteiger partial charge in [0.25, 0.3) is 10.1 Å². The van der Waals surface area contributed by atoms with E-state index in [1.54, 1.807) is 0 Å². The molecular formula is C7H17NO7S. The minimum atomic E-state index is -4.20. The van der Waals surface area contributed by atoms with Crippen LogP contribution in [-0.2, 0) is 14.3 Å². The van der Waals surface area contributed by atoms with E-state index in [4.69, 9.17) is 26.2 Å². The Kier molecular flexibility index (Phi) is 6.33. The zero-order valence-electron chi connectivity index (χ0n) is 8.61. The Morgan fingerprint density at radius 2 is 1.62 bits per heavy atom. The smallest absolute Gasteiger partial charge is 0.270 e. The molecule has 0 rings (SSSR count). The topological polar surface area (TPSA) is 150 Å². The highest BCUT2D eigenvalue weighted by Gasteiger charge is 2.35. The summed E-state index contributed by atoms with van der Waals surface area (Å²) in [5, 5.41) is 35.5. The normalized spacial score (nSPS) is 15.1. The predicted octanol–water partition coefficient (Wildman–Crippen LogP) is -3.63. The Labute approximate surface area is 93.4 Å². The molecule has 0 bridgehead atoms. The summed E-state index contributed by atoms with van der Waals surface area (Å²) in [4.78, 5) is 0. The molecule has 0 aromatic rings. The molecule has 0 aromatic carbocycles. The third-order valence-corrected chi connectivity index (χ3v) is 3.24. The fraction of sp³-hybridized carbons (Fsp3) is 1.00. The Morgan fingerprint density at radius 1 is 1.19 bits per heavy atom. The lowest BCUT2D eigenvalue weighted by molar-refractivity contribution is -0.0643. The van der Waals surface area contributed by atoms with Gasteiger partial charge in [-0.05, 0) is 0 Å². The van der Waals surface area contributed by atoms with E-state index in [1.165, 1.54) is 0 Å². The maximum Gasteiger partial charge on any atom is 0.270 e. The molecule has 16 heavy (non-hydrogen) atoms. The van der Waals surface area contributed by atoms with Crippen LogP contribution in [0, 0.1) is 0 Å². The number of aliphatic hydroxyl groups excluding tert-OH is 4. The average molecular weight is 259 g/mol. The molecular weight excluding hydrogens is 242 g/mol. The third kappa shape index (κ3) is 4.70. The van der Waals surface area contributed by atoms with E-state index < -0.39 is 47.4 Å². The second-order valence-electron chi connectivity index (χ2n) is 3.35. The summed E-state index contributed by atoms with van der Waals surface area (Å²) in [5.41, 5.74) is 3.04. The van der Waals surface area contributed by atoms with Crippen LogP contribution >= 0.6 is 0 Å². The van der Waals surface area contributed by atoms with Crippen LogP contribution in [0.5, 0.6) is 0 Å². The van der Waals surface area contributed by atoms with Crippen LogP contribution in [0.3, 0.4) is 0 Å². The molecule has 1 atom stereocenters. The molecule has 0 saturated heterocycles. The first kappa shape index (κ1) is 15.7. The van der Waals surface area contributed by atoms with Gasteiger partial charge in [-0.15, -0.1) is 0 Å². The quantitative estimate of drug-likeness (QED) is 0.280. The van der Waals surface area contributed by atoms with Crippen molar-refractivity contribution in [2.75, 3.05) is 32.1 Å². The maximum atomic E-state index is 11.3. The van der Waals surface area contributed by atoms with E-state index in [1.807, 2.05) is 0 Å². The Morgan fingerprint density at radius 3 is 1.94 bits per heavy atom. The van der Waals surface area contributed by atoms with Gasteiger partial charge in [-0.1, -0.05) is 0 Å². The Balaban J connectivity index is 4.67. The molecule has 0 aliphatic rings. The first-order chi connectivity index (χ1) is 7.34. The standard InChI is InChI=1S/C7H17NO7S/c8-1-6(12)2-16(13,14)15-7(3-9,4-10)5-11/h6,9-12H,1-5,8H2. The lowest BCUT2D eigenvalue weighted by atomic mass is 10.1. The number of rotatable bonds is 8. The van der Waals surface area contributed by atoms with Crippen LogP contribution in [0.4, 0.5) is 0 Å². The summed E-state index contributed by atoms with van der Waals surface area (Å²) >= 11 is 0. The van der Waals surface area contributed by atoms with Crippen molar-refractivity contribution in [2.45, 2.75) is 11.7 Å². The lowest BCUT2D eigenvalue weighted by Gasteiger charge is -2.27. The number of hydrogen-bond donors (Lipinski definition) is 5. The van der Waals surface area contributed by atoms with Crippen molar-refractivity contribution in [3.63, 3.8) is 0 Å². The minimum absolute atomic E-state index is 0.271. The molecule has 0 spiro atoms. The first-order valence-electron chi connectivity index (χ1n) is 4.49. The largest absolute Gasteiger partial charge is 0.393 e. The van der Waals surface area contributed by atoms with Gasteiger partial charge >= 0.3 is 0 Å². The number of hydrogen-bond acceptors (Lipinski definition) is 8. The van der Waals surface area contributed by atoms with Gasteiger partial charge in [-0.25, -0.2) is 0 Å². The molecule has 0 radical (unpaired) electrons. The molecule has 0 aromatic heterocycles. The highest BCUT2D eigenvalue weighted by Crippen LogP contribution is 2.14. The van der Waals surface area contributed by atoms with E-state index in [9.17, 15) is 8.42 Å². The van der Waals surface area contributed by atoms with E-state index >= 15 is 0 Å².